The first-order chi connectivity index (χ1) is 9.42. The van der Waals surface area contributed by atoms with Crippen molar-refractivity contribution in [2.45, 2.75) is 19.3 Å². The van der Waals surface area contributed by atoms with Crippen molar-refractivity contribution in [2.75, 3.05) is 38.3 Å². The summed E-state index contributed by atoms with van der Waals surface area (Å²) in [7, 11) is 0. The Labute approximate surface area is 114 Å². The third kappa shape index (κ3) is 3.32. The maximum absolute atomic E-state index is 5.70. The molecule has 0 aromatic heterocycles. The molecule has 0 bridgehead atoms. The van der Waals surface area contributed by atoms with E-state index in [0.29, 0.717) is 5.92 Å². The van der Waals surface area contributed by atoms with E-state index in [4.69, 9.17) is 14.2 Å². The highest BCUT2D eigenvalue weighted by Gasteiger charge is 2.14. The fraction of sp³-hybridized carbons (Fsp3) is 0.600. The van der Waals surface area contributed by atoms with Crippen LogP contribution in [0.15, 0.2) is 18.2 Å². The average Bonchev–Trinajstić information content (AvgIpc) is 2.71. The largest absolute Gasteiger partial charge is 0.490 e. The van der Waals surface area contributed by atoms with Gasteiger partial charge in [-0.25, -0.2) is 0 Å². The van der Waals surface area contributed by atoms with Crippen molar-refractivity contribution in [3.05, 3.63) is 18.2 Å². The van der Waals surface area contributed by atoms with E-state index in [0.717, 1.165) is 69.4 Å². The van der Waals surface area contributed by atoms with Gasteiger partial charge < -0.3 is 19.5 Å². The summed E-state index contributed by atoms with van der Waals surface area (Å²) in [5.74, 6) is 2.42. The van der Waals surface area contributed by atoms with Crippen molar-refractivity contribution >= 4 is 5.69 Å². The Hall–Kier alpha value is -1.42. The summed E-state index contributed by atoms with van der Waals surface area (Å²) in [5, 5.41) is 3.49. The molecule has 2 heterocycles. The van der Waals surface area contributed by atoms with Crippen LogP contribution in [0.5, 0.6) is 11.5 Å². The zero-order valence-electron chi connectivity index (χ0n) is 11.2. The van der Waals surface area contributed by atoms with Crippen LogP contribution in [0.4, 0.5) is 5.69 Å². The Morgan fingerprint density at radius 3 is 2.63 bits per heavy atom. The molecule has 1 N–H and O–H groups in total. The predicted octanol–water partition coefficient (Wildman–Crippen LogP) is 2.69. The molecule has 0 amide bonds. The number of hydrogen-bond donors (Lipinski definition) is 1. The van der Waals surface area contributed by atoms with Gasteiger partial charge in [-0.15, -0.1) is 0 Å². The van der Waals surface area contributed by atoms with Gasteiger partial charge in [0.1, 0.15) is 0 Å². The third-order valence-electron chi connectivity index (χ3n) is 3.68. The molecular formula is C15H21NO3. The van der Waals surface area contributed by atoms with Crippen LogP contribution >= 0.6 is 0 Å². The maximum atomic E-state index is 5.70. The first-order valence-electron chi connectivity index (χ1n) is 7.13. The van der Waals surface area contributed by atoms with Gasteiger partial charge in [-0.2, -0.15) is 0 Å². The van der Waals surface area contributed by atoms with Gasteiger partial charge in [0, 0.05) is 37.9 Å². The van der Waals surface area contributed by atoms with Crippen LogP contribution in [0.25, 0.3) is 0 Å². The van der Waals surface area contributed by atoms with E-state index in [2.05, 4.69) is 11.4 Å². The number of rotatable bonds is 3. The molecule has 2 aliphatic heterocycles. The highest BCUT2D eigenvalue weighted by Crippen LogP contribution is 2.32. The molecule has 0 unspecified atom stereocenters. The van der Waals surface area contributed by atoms with Gasteiger partial charge in [0.05, 0.1) is 13.2 Å². The molecule has 0 atom stereocenters. The van der Waals surface area contributed by atoms with Crippen molar-refractivity contribution in [1.29, 1.82) is 0 Å². The van der Waals surface area contributed by atoms with E-state index in [1.807, 2.05) is 12.1 Å². The van der Waals surface area contributed by atoms with Crippen LogP contribution in [0.2, 0.25) is 0 Å². The summed E-state index contributed by atoms with van der Waals surface area (Å²) in [6.45, 7) is 4.27. The monoisotopic (exact) mass is 263 g/mol. The lowest BCUT2D eigenvalue weighted by atomic mass is 10.0. The van der Waals surface area contributed by atoms with Gasteiger partial charge in [0.2, 0.25) is 0 Å². The summed E-state index contributed by atoms with van der Waals surface area (Å²) in [6.07, 6.45) is 3.24. The van der Waals surface area contributed by atoms with Gasteiger partial charge in [-0.05, 0) is 30.9 Å². The normalized spacial score (nSPS) is 19.8. The van der Waals surface area contributed by atoms with E-state index >= 15 is 0 Å². The zero-order valence-corrected chi connectivity index (χ0v) is 11.2. The van der Waals surface area contributed by atoms with Gasteiger partial charge in [0.15, 0.2) is 11.5 Å². The molecule has 0 saturated carbocycles. The van der Waals surface area contributed by atoms with Gasteiger partial charge in [0.25, 0.3) is 0 Å². The Balaban J connectivity index is 1.60. The molecule has 1 aromatic carbocycles. The molecule has 1 fully saturated rings. The third-order valence-corrected chi connectivity index (χ3v) is 3.68. The lowest BCUT2D eigenvalue weighted by molar-refractivity contribution is 0.0699. The topological polar surface area (TPSA) is 39.7 Å². The number of nitrogens with one attached hydrogen (secondary N) is 1. The Morgan fingerprint density at radius 2 is 1.79 bits per heavy atom. The number of benzene rings is 1. The maximum Gasteiger partial charge on any atom is 0.163 e. The van der Waals surface area contributed by atoms with E-state index in [1.54, 1.807) is 0 Å². The molecular weight excluding hydrogens is 242 g/mol. The van der Waals surface area contributed by atoms with Crippen LogP contribution in [0, 0.1) is 5.92 Å². The van der Waals surface area contributed by atoms with E-state index < -0.39 is 0 Å². The molecule has 0 aliphatic carbocycles. The second-order valence-electron chi connectivity index (χ2n) is 5.15. The SMILES string of the molecule is c1cc2c(cc1NCC1CCOCC1)OCCCO2. The molecule has 19 heavy (non-hydrogen) atoms. The Morgan fingerprint density at radius 1 is 1.00 bits per heavy atom. The summed E-state index contributed by atoms with van der Waals surface area (Å²) >= 11 is 0. The standard InChI is InChI=1S/C15H21NO3/c1-6-18-14-3-2-13(10-15(14)19-7-1)16-11-12-4-8-17-9-5-12/h2-3,10,12,16H,1,4-9,11H2. The average molecular weight is 263 g/mol. The first-order valence-corrected chi connectivity index (χ1v) is 7.13. The minimum Gasteiger partial charge on any atom is -0.490 e. The van der Waals surface area contributed by atoms with E-state index in [9.17, 15) is 0 Å². The second kappa shape index (κ2) is 6.15. The lowest BCUT2D eigenvalue weighted by Crippen LogP contribution is -2.22. The van der Waals surface area contributed by atoms with E-state index in [1.165, 1.54) is 0 Å². The van der Waals surface area contributed by atoms with Gasteiger partial charge in [-0.1, -0.05) is 0 Å². The van der Waals surface area contributed by atoms with Gasteiger partial charge >= 0.3 is 0 Å². The summed E-state index contributed by atoms with van der Waals surface area (Å²) in [5.41, 5.74) is 1.11. The smallest absolute Gasteiger partial charge is 0.163 e. The summed E-state index contributed by atoms with van der Waals surface area (Å²) in [6, 6.07) is 6.10. The second-order valence-corrected chi connectivity index (χ2v) is 5.15. The van der Waals surface area contributed by atoms with Crippen LogP contribution in [0.3, 0.4) is 0 Å². The predicted molar refractivity (Wildman–Crippen MR) is 74.1 cm³/mol. The molecule has 3 rings (SSSR count). The fourth-order valence-electron chi connectivity index (χ4n) is 2.49. The van der Waals surface area contributed by atoms with Crippen molar-refractivity contribution in [3.8, 4) is 11.5 Å². The highest BCUT2D eigenvalue weighted by molar-refractivity contribution is 5.55. The quantitative estimate of drug-likeness (QED) is 0.910. The fourth-order valence-corrected chi connectivity index (χ4v) is 2.49. The van der Waals surface area contributed by atoms with Crippen molar-refractivity contribution < 1.29 is 14.2 Å². The summed E-state index contributed by atoms with van der Waals surface area (Å²) < 4.78 is 16.7. The van der Waals surface area contributed by atoms with Crippen LogP contribution in [0.1, 0.15) is 19.3 Å². The van der Waals surface area contributed by atoms with Gasteiger partial charge in [-0.3, -0.25) is 0 Å². The summed E-state index contributed by atoms with van der Waals surface area (Å²) in [4.78, 5) is 0. The van der Waals surface area contributed by atoms with Crippen molar-refractivity contribution in [1.82, 2.24) is 0 Å². The van der Waals surface area contributed by atoms with Crippen molar-refractivity contribution in [3.63, 3.8) is 0 Å². The number of hydrogen-bond acceptors (Lipinski definition) is 4. The minimum absolute atomic E-state index is 0.713. The molecule has 1 saturated heterocycles. The van der Waals surface area contributed by atoms with Crippen LogP contribution in [-0.2, 0) is 4.74 Å². The first kappa shape index (κ1) is 12.6. The molecule has 4 heteroatoms. The van der Waals surface area contributed by atoms with Crippen LogP contribution in [-0.4, -0.2) is 33.0 Å². The molecule has 2 aliphatic rings. The number of fused-ring (bicyclic) bond motifs is 1. The molecule has 0 spiro atoms. The molecule has 4 nitrogen and oxygen atoms in total. The molecule has 0 radical (unpaired) electrons. The minimum atomic E-state index is 0.713. The Bertz CT molecular complexity index is 416. The highest BCUT2D eigenvalue weighted by atomic mass is 16.5. The lowest BCUT2D eigenvalue weighted by Gasteiger charge is -2.22. The number of anilines is 1. The zero-order chi connectivity index (χ0) is 12.9. The number of ether oxygens (including phenoxy) is 3. The van der Waals surface area contributed by atoms with E-state index in [-0.39, 0.29) is 0 Å². The molecule has 104 valence electrons. The molecule has 1 aromatic rings. The Kier molecular flexibility index (Phi) is 4.08. The van der Waals surface area contributed by atoms with Crippen LogP contribution < -0.4 is 14.8 Å². The van der Waals surface area contributed by atoms with Crippen molar-refractivity contribution in [2.24, 2.45) is 5.92 Å².